The van der Waals surface area contributed by atoms with Gasteiger partial charge in [-0.2, -0.15) is 5.26 Å². The minimum absolute atomic E-state index is 0.179. The van der Waals surface area contributed by atoms with E-state index in [9.17, 15) is 0 Å². The predicted octanol–water partition coefficient (Wildman–Crippen LogP) is 3.63. The van der Waals surface area contributed by atoms with E-state index < -0.39 is 0 Å². The summed E-state index contributed by atoms with van der Waals surface area (Å²) in [6.45, 7) is 0. The smallest absolute Gasteiger partial charge is 0.242 e. The fourth-order valence-electron chi connectivity index (χ4n) is 1.28. The molecule has 0 aliphatic carbocycles. The normalized spacial score (nSPS) is 9.83. The molecule has 1 heterocycles. The van der Waals surface area contributed by atoms with E-state index >= 15 is 0 Å². The van der Waals surface area contributed by atoms with Crippen LogP contribution in [0.5, 0.6) is 11.6 Å². The molecule has 0 atom stereocenters. The number of aromatic nitrogens is 1. The molecule has 2 rings (SSSR count). The molecule has 0 fully saturated rings. The van der Waals surface area contributed by atoms with Crippen LogP contribution in [0.1, 0.15) is 5.56 Å². The van der Waals surface area contributed by atoms with Crippen LogP contribution in [0.3, 0.4) is 0 Å². The largest absolute Gasteiger partial charge is 0.435 e. The minimum atomic E-state index is 0.179. The van der Waals surface area contributed by atoms with E-state index in [0.717, 1.165) is 0 Å². The zero-order valence-corrected chi connectivity index (χ0v) is 10.5. The van der Waals surface area contributed by atoms with E-state index in [1.807, 2.05) is 6.07 Å². The van der Waals surface area contributed by atoms with Gasteiger partial charge in [-0.25, -0.2) is 4.98 Å². The highest BCUT2D eigenvalue weighted by Crippen LogP contribution is 2.35. The van der Waals surface area contributed by atoms with Gasteiger partial charge in [0.1, 0.15) is 16.8 Å². The highest BCUT2D eigenvalue weighted by atomic mass is 35.5. The molecule has 0 saturated heterocycles. The molecule has 2 N–H and O–H groups in total. The number of nitrogens with zero attached hydrogens (tertiary/aromatic N) is 2. The van der Waals surface area contributed by atoms with Crippen molar-refractivity contribution in [3.63, 3.8) is 0 Å². The van der Waals surface area contributed by atoms with Crippen molar-refractivity contribution in [2.75, 3.05) is 5.73 Å². The molecule has 0 radical (unpaired) electrons. The molecule has 0 aliphatic rings. The Labute approximate surface area is 114 Å². The lowest BCUT2D eigenvalue weighted by molar-refractivity contribution is 0.466. The average molecular weight is 280 g/mol. The van der Waals surface area contributed by atoms with Crippen molar-refractivity contribution >= 4 is 28.9 Å². The fourth-order valence-corrected chi connectivity index (χ4v) is 1.61. The van der Waals surface area contributed by atoms with Crippen molar-refractivity contribution in [1.29, 1.82) is 5.26 Å². The van der Waals surface area contributed by atoms with E-state index in [1.165, 1.54) is 12.3 Å². The van der Waals surface area contributed by atoms with Crippen LogP contribution < -0.4 is 10.5 Å². The molecular formula is C12H7Cl2N3O. The van der Waals surface area contributed by atoms with Crippen LogP contribution in [0, 0.1) is 11.3 Å². The lowest BCUT2D eigenvalue weighted by Crippen LogP contribution is -1.96. The molecule has 0 saturated carbocycles. The van der Waals surface area contributed by atoms with Crippen LogP contribution in [-0.4, -0.2) is 4.98 Å². The molecule has 18 heavy (non-hydrogen) atoms. The lowest BCUT2D eigenvalue weighted by Gasteiger charge is -2.09. The summed E-state index contributed by atoms with van der Waals surface area (Å²) in [7, 11) is 0. The first-order valence-electron chi connectivity index (χ1n) is 4.89. The first-order chi connectivity index (χ1) is 8.61. The molecule has 2 aromatic rings. The monoisotopic (exact) mass is 279 g/mol. The zero-order chi connectivity index (χ0) is 13.1. The minimum Gasteiger partial charge on any atom is -0.435 e. The Morgan fingerprint density at radius 2 is 2.11 bits per heavy atom. The maximum Gasteiger partial charge on any atom is 0.242 e. The van der Waals surface area contributed by atoms with E-state index in [4.69, 9.17) is 38.9 Å². The molecule has 1 aromatic carbocycles. The molecule has 0 bridgehead atoms. The Morgan fingerprint density at radius 1 is 1.33 bits per heavy atom. The zero-order valence-electron chi connectivity index (χ0n) is 9.02. The van der Waals surface area contributed by atoms with Gasteiger partial charge in [0.05, 0.1) is 16.3 Å². The lowest BCUT2D eigenvalue weighted by atomic mass is 10.3. The molecule has 0 spiro atoms. The first kappa shape index (κ1) is 12.5. The quantitative estimate of drug-likeness (QED) is 0.911. The van der Waals surface area contributed by atoms with E-state index in [1.54, 1.807) is 18.2 Å². The molecule has 0 unspecified atom stereocenters. The third kappa shape index (κ3) is 2.48. The number of nitrogens with two attached hydrogens (primary N) is 1. The molecule has 4 nitrogen and oxygen atoms in total. The molecule has 0 aliphatic heterocycles. The van der Waals surface area contributed by atoms with Crippen molar-refractivity contribution < 1.29 is 4.74 Å². The fraction of sp³-hybridized carbons (Fsp3) is 0. The summed E-state index contributed by atoms with van der Waals surface area (Å²) in [5.74, 6) is 0.534. The summed E-state index contributed by atoms with van der Waals surface area (Å²) in [5, 5.41) is 9.36. The van der Waals surface area contributed by atoms with E-state index in [0.29, 0.717) is 16.3 Å². The van der Waals surface area contributed by atoms with E-state index in [-0.39, 0.29) is 16.6 Å². The van der Waals surface area contributed by atoms with Gasteiger partial charge in [-0.1, -0.05) is 29.3 Å². The molecule has 0 amide bonds. The first-order valence-corrected chi connectivity index (χ1v) is 5.65. The Morgan fingerprint density at radius 3 is 2.78 bits per heavy atom. The van der Waals surface area contributed by atoms with Crippen molar-refractivity contribution in [2.45, 2.75) is 0 Å². The Bertz CT molecular complexity index is 638. The Hall–Kier alpha value is -1.96. The van der Waals surface area contributed by atoms with Crippen LogP contribution >= 0.6 is 23.2 Å². The van der Waals surface area contributed by atoms with Crippen molar-refractivity contribution in [1.82, 2.24) is 4.98 Å². The van der Waals surface area contributed by atoms with Crippen LogP contribution in [0.15, 0.2) is 30.5 Å². The highest BCUT2D eigenvalue weighted by molar-refractivity contribution is 6.42. The second-order valence-electron chi connectivity index (χ2n) is 3.38. The summed E-state index contributed by atoms with van der Waals surface area (Å²) in [6, 6.07) is 8.40. The molecular weight excluding hydrogens is 273 g/mol. The molecule has 1 aromatic heterocycles. The summed E-state index contributed by atoms with van der Waals surface area (Å²) < 4.78 is 5.46. The van der Waals surface area contributed by atoms with Gasteiger partial charge in [-0.3, -0.25) is 0 Å². The number of hydrogen-bond donors (Lipinski definition) is 1. The third-order valence-corrected chi connectivity index (χ3v) is 2.93. The van der Waals surface area contributed by atoms with Crippen LogP contribution in [0.2, 0.25) is 10.0 Å². The van der Waals surface area contributed by atoms with Crippen molar-refractivity contribution in [3.8, 4) is 17.7 Å². The van der Waals surface area contributed by atoms with Gasteiger partial charge < -0.3 is 10.5 Å². The van der Waals surface area contributed by atoms with Gasteiger partial charge in [0.25, 0.3) is 0 Å². The number of anilines is 1. The number of pyridine rings is 1. The third-order valence-electron chi connectivity index (χ3n) is 2.13. The topological polar surface area (TPSA) is 71.9 Å². The summed E-state index contributed by atoms with van der Waals surface area (Å²) in [5.41, 5.74) is 6.33. The second-order valence-corrected chi connectivity index (χ2v) is 4.17. The van der Waals surface area contributed by atoms with Gasteiger partial charge in [0.2, 0.25) is 5.88 Å². The van der Waals surface area contributed by atoms with Gasteiger partial charge in [0, 0.05) is 6.20 Å². The van der Waals surface area contributed by atoms with Gasteiger partial charge in [-0.05, 0) is 18.2 Å². The number of hydrogen-bond acceptors (Lipinski definition) is 4. The number of nitrogen functional groups attached to an aromatic ring is 1. The van der Waals surface area contributed by atoms with Crippen LogP contribution in [-0.2, 0) is 0 Å². The summed E-state index contributed by atoms with van der Waals surface area (Å²) in [4.78, 5) is 3.94. The molecule has 6 heteroatoms. The standard InChI is InChI=1S/C12H7Cl2N3O/c13-8-2-1-3-10(11(8)14)18-12-9(16)4-7(5-15)6-17-12/h1-4,6H,16H2. The Kier molecular flexibility index (Phi) is 3.56. The predicted molar refractivity (Wildman–Crippen MR) is 69.9 cm³/mol. The summed E-state index contributed by atoms with van der Waals surface area (Å²) in [6.07, 6.45) is 1.37. The van der Waals surface area contributed by atoms with Crippen molar-refractivity contribution in [3.05, 3.63) is 46.1 Å². The van der Waals surface area contributed by atoms with E-state index in [2.05, 4.69) is 4.98 Å². The maximum atomic E-state index is 8.70. The summed E-state index contributed by atoms with van der Waals surface area (Å²) >= 11 is 11.8. The van der Waals surface area contributed by atoms with Crippen LogP contribution in [0.4, 0.5) is 5.69 Å². The van der Waals surface area contributed by atoms with Crippen LogP contribution in [0.25, 0.3) is 0 Å². The van der Waals surface area contributed by atoms with Gasteiger partial charge >= 0.3 is 0 Å². The van der Waals surface area contributed by atoms with Crippen molar-refractivity contribution in [2.24, 2.45) is 0 Å². The number of benzene rings is 1. The average Bonchev–Trinajstić information content (AvgIpc) is 2.37. The molecule has 90 valence electrons. The number of ether oxygens (including phenoxy) is 1. The van der Waals surface area contributed by atoms with Gasteiger partial charge in [0.15, 0.2) is 0 Å². The number of rotatable bonds is 2. The highest BCUT2D eigenvalue weighted by Gasteiger charge is 2.10. The second kappa shape index (κ2) is 5.13. The maximum absolute atomic E-state index is 8.70. The Balaban J connectivity index is 2.35. The van der Waals surface area contributed by atoms with Gasteiger partial charge in [-0.15, -0.1) is 0 Å². The SMILES string of the molecule is N#Cc1cnc(Oc2cccc(Cl)c2Cl)c(N)c1. The number of halogens is 2. The number of nitriles is 1.